The molecular weight excluding hydrogens is 304 g/mol. The van der Waals surface area contributed by atoms with E-state index in [0.717, 1.165) is 24.1 Å². The molecule has 0 spiro atoms. The van der Waals surface area contributed by atoms with E-state index in [9.17, 15) is 8.42 Å². The summed E-state index contributed by atoms with van der Waals surface area (Å²) in [5.41, 5.74) is 0. The van der Waals surface area contributed by atoms with Gasteiger partial charge in [-0.1, -0.05) is 40.5 Å². The van der Waals surface area contributed by atoms with Gasteiger partial charge >= 0.3 is 0 Å². The van der Waals surface area contributed by atoms with E-state index < -0.39 is 10.0 Å². The molecule has 1 aromatic rings. The van der Waals surface area contributed by atoms with Crippen molar-refractivity contribution in [2.45, 2.75) is 64.4 Å². The summed E-state index contributed by atoms with van der Waals surface area (Å²) in [6.07, 6.45) is 3.09. The van der Waals surface area contributed by atoms with Crippen molar-refractivity contribution in [2.24, 2.45) is 5.92 Å². The number of nitrogens with one attached hydrogen (secondary N) is 2. The lowest BCUT2D eigenvalue weighted by Crippen LogP contribution is -2.27. The molecule has 6 heteroatoms. The normalized spacial score (nSPS) is 12.5. The van der Waals surface area contributed by atoms with Crippen molar-refractivity contribution in [1.29, 1.82) is 0 Å². The predicted octanol–water partition coefficient (Wildman–Crippen LogP) is 3.35. The smallest absolute Gasteiger partial charge is 0.241 e. The molecular formula is C15H28N2O2S2. The van der Waals surface area contributed by atoms with Crippen LogP contribution >= 0.6 is 11.3 Å². The molecule has 2 N–H and O–H groups in total. The molecule has 0 aliphatic carbocycles. The van der Waals surface area contributed by atoms with Gasteiger partial charge in [0.1, 0.15) is 0 Å². The van der Waals surface area contributed by atoms with Crippen molar-refractivity contribution in [2.75, 3.05) is 6.54 Å². The predicted molar refractivity (Wildman–Crippen MR) is 90.2 cm³/mol. The third-order valence-corrected chi connectivity index (χ3v) is 5.76. The minimum atomic E-state index is -3.38. The molecule has 0 saturated heterocycles. The lowest BCUT2D eigenvalue weighted by Gasteiger charge is -2.10. The maximum Gasteiger partial charge on any atom is 0.241 e. The summed E-state index contributed by atoms with van der Waals surface area (Å²) >= 11 is 1.48. The summed E-state index contributed by atoms with van der Waals surface area (Å²) in [6, 6.07) is 2.03. The molecule has 0 bridgehead atoms. The number of thiophene rings is 1. The molecule has 1 heterocycles. The van der Waals surface area contributed by atoms with Crippen LogP contribution in [0.2, 0.25) is 0 Å². The highest BCUT2D eigenvalue weighted by atomic mass is 32.2. The second kappa shape index (κ2) is 8.88. The fraction of sp³-hybridized carbons (Fsp3) is 0.733. The van der Waals surface area contributed by atoms with E-state index in [-0.39, 0.29) is 0 Å². The van der Waals surface area contributed by atoms with Gasteiger partial charge in [-0.2, -0.15) is 0 Å². The van der Waals surface area contributed by atoms with Gasteiger partial charge in [0.05, 0.1) is 4.90 Å². The van der Waals surface area contributed by atoms with Gasteiger partial charge in [0, 0.05) is 24.0 Å². The molecule has 4 nitrogen and oxygen atoms in total. The number of hydrogen-bond acceptors (Lipinski definition) is 4. The molecule has 0 atom stereocenters. The fourth-order valence-corrected chi connectivity index (χ4v) is 4.42. The number of sulfonamides is 1. The van der Waals surface area contributed by atoms with Gasteiger partial charge in [0.15, 0.2) is 0 Å². The summed E-state index contributed by atoms with van der Waals surface area (Å²) < 4.78 is 27.4. The Labute approximate surface area is 133 Å². The molecule has 0 aliphatic rings. The van der Waals surface area contributed by atoms with Crippen LogP contribution < -0.4 is 10.0 Å². The van der Waals surface area contributed by atoms with E-state index in [1.165, 1.54) is 11.3 Å². The van der Waals surface area contributed by atoms with Crippen molar-refractivity contribution in [3.8, 4) is 0 Å². The lowest BCUT2D eigenvalue weighted by atomic mass is 10.1. The molecule has 0 aromatic carbocycles. The molecule has 0 radical (unpaired) electrons. The largest absolute Gasteiger partial charge is 0.310 e. The van der Waals surface area contributed by atoms with Gasteiger partial charge < -0.3 is 5.32 Å². The molecule has 21 heavy (non-hydrogen) atoms. The Balaban J connectivity index is 2.52. The first-order valence-electron chi connectivity index (χ1n) is 7.62. The van der Waals surface area contributed by atoms with Crippen LogP contribution in [0.5, 0.6) is 0 Å². The molecule has 0 unspecified atom stereocenters. The van der Waals surface area contributed by atoms with E-state index in [4.69, 9.17) is 0 Å². The molecule has 1 rings (SSSR count). The van der Waals surface area contributed by atoms with E-state index in [0.29, 0.717) is 29.9 Å². The van der Waals surface area contributed by atoms with E-state index in [2.05, 4.69) is 37.7 Å². The Morgan fingerprint density at radius 3 is 2.52 bits per heavy atom. The van der Waals surface area contributed by atoms with Gasteiger partial charge in [0.25, 0.3) is 0 Å². The first-order chi connectivity index (χ1) is 9.83. The summed E-state index contributed by atoms with van der Waals surface area (Å²) in [7, 11) is -3.38. The topological polar surface area (TPSA) is 58.2 Å². The zero-order chi connectivity index (χ0) is 15.9. The molecule has 122 valence electrons. The van der Waals surface area contributed by atoms with Crippen LogP contribution in [0.25, 0.3) is 0 Å². The number of unbranched alkanes of at least 4 members (excludes halogenated alkanes) is 1. The minimum absolute atomic E-state index is 0.339. The maximum atomic E-state index is 12.3. The average Bonchev–Trinajstić information content (AvgIpc) is 2.84. The highest BCUT2D eigenvalue weighted by Gasteiger charge is 2.19. The highest BCUT2D eigenvalue weighted by Crippen LogP contribution is 2.22. The average molecular weight is 333 g/mol. The van der Waals surface area contributed by atoms with E-state index in [1.807, 2.05) is 5.38 Å². The third kappa shape index (κ3) is 6.91. The van der Waals surface area contributed by atoms with Crippen LogP contribution in [-0.2, 0) is 16.6 Å². The Hall–Kier alpha value is -0.430. The Morgan fingerprint density at radius 2 is 1.90 bits per heavy atom. The van der Waals surface area contributed by atoms with Gasteiger partial charge in [-0.15, -0.1) is 11.3 Å². The van der Waals surface area contributed by atoms with E-state index >= 15 is 0 Å². The first-order valence-corrected chi connectivity index (χ1v) is 9.98. The van der Waals surface area contributed by atoms with Crippen LogP contribution in [0.15, 0.2) is 16.3 Å². The Bertz CT molecular complexity index is 507. The standard InChI is InChI=1S/C15H28N2O2S2/c1-12(2)7-5-6-9-17-21(18,19)15-8-10-20-14(15)11-16-13(3)4/h8,10,12-13,16-17H,5-7,9,11H2,1-4H3. The second-order valence-electron chi connectivity index (χ2n) is 6.03. The SMILES string of the molecule is CC(C)CCCCNS(=O)(=O)c1ccsc1CNC(C)C. The van der Waals surface area contributed by atoms with Crippen molar-refractivity contribution in [3.05, 3.63) is 16.3 Å². The van der Waals surface area contributed by atoms with Crippen molar-refractivity contribution in [3.63, 3.8) is 0 Å². The van der Waals surface area contributed by atoms with Gasteiger partial charge in [-0.05, 0) is 23.8 Å². The summed E-state index contributed by atoms with van der Waals surface area (Å²) in [5.74, 6) is 0.673. The van der Waals surface area contributed by atoms with Gasteiger partial charge in [-0.3, -0.25) is 0 Å². The summed E-state index contributed by atoms with van der Waals surface area (Å²) in [6.45, 7) is 9.58. The summed E-state index contributed by atoms with van der Waals surface area (Å²) in [5, 5.41) is 5.11. The minimum Gasteiger partial charge on any atom is -0.310 e. The third-order valence-electron chi connectivity index (χ3n) is 3.17. The molecule has 0 saturated carbocycles. The Kier molecular flexibility index (Phi) is 7.87. The molecule has 1 aromatic heterocycles. The van der Waals surface area contributed by atoms with Crippen molar-refractivity contribution >= 4 is 21.4 Å². The van der Waals surface area contributed by atoms with Crippen LogP contribution in [-0.4, -0.2) is 21.0 Å². The Morgan fingerprint density at radius 1 is 1.19 bits per heavy atom. The zero-order valence-corrected chi connectivity index (χ0v) is 15.1. The van der Waals surface area contributed by atoms with Crippen LogP contribution in [0.1, 0.15) is 51.8 Å². The number of rotatable bonds is 10. The highest BCUT2D eigenvalue weighted by molar-refractivity contribution is 7.89. The van der Waals surface area contributed by atoms with Crippen molar-refractivity contribution < 1.29 is 8.42 Å². The van der Waals surface area contributed by atoms with Crippen LogP contribution in [0, 0.1) is 5.92 Å². The second-order valence-corrected chi connectivity index (χ2v) is 8.77. The van der Waals surface area contributed by atoms with E-state index in [1.54, 1.807) is 6.07 Å². The summed E-state index contributed by atoms with van der Waals surface area (Å²) in [4.78, 5) is 1.29. The van der Waals surface area contributed by atoms with Gasteiger partial charge in [0.2, 0.25) is 10.0 Å². The number of hydrogen-bond donors (Lipinski definition) is 2. The molecule has 0 aliphatic heterocycles. The van der Waals surface area contributed by atoms with Crippen LogP contribution in [0.4, 0.5) is 0 Å². The quantitative estimate of drug-likeness (QED) is 0.646. The fourth-order valence-electron chi connectivity index (χ4n) is 1.96. The molecule has 0 fully saturated rings. The van der Waals surface area contributed by atoms with Crippen LogP contribution in [0.3, 0.4) is 0 Å². The monoisotopic (exact) mass is 332 g/mol. The first kappa shape index (κ1) is 18.6. The molecule has 0 amide bonds. The van der Waals surface area contributed by atoms with Crippen molar-refractivity contribution in [1.82, 2.24) is 10.0 Å². The maximum absolute atomic E-state index is 12.3. The van der Waals surface area contributed by atoms with Gasteiger partial charge in [-0.25, -0.2) is 13.1 Å². The lowest BCUT2D eigenvalue weighted by molar-refractivity contribution is 0.530. The zero-order valence-electron chi connectivity index (χ0n) is 13.5.